The predicted octanol–water partition coefficient (Wildman–Crippen LogP) is 7.38. The second kappa shape index (κ2) is 11.8. The van der Waals surface area contributed by atoms with Crippen molar-refractivity contribution in [2.45, 2.75) is 75.5 Å². The fourth-order valence-electron chi connectivity index (χ4n) is 3.00. The molecule has 0 N–H and O–H groups in total. The molecular weight excluding hydrogens is 325 g/mol. The van der Waals surface area contributed by atoms with Gasteiger partial charge in [-0.05, 0) is 30.7 Å². The fourth-order valence-corrected chi connectivity index (χ4v) is 3.69. The van der Waals surface area contributed by atoms with Crippen molar-refractivity contribution in [2.24, 2.45) is 5.92 Å². The lowest BCUT2D eigenvalue weighted by molar-refractivity contribution is 0.377. The minimum atomic E-state index is -0.861. The third-order valence-electron chi connectivity index (χ3n) is 4.42. The van der Waals surface area contributed by atoms with Gasteiger partial charge in [-0.3, -0.25) is 0 Å². The molecule has 1 aromatic rings. The number of hydrogen-bond donors (Lipinski definition) is 0. The first kappa shape index (κ1) is 20.3. The average Bonchev–Trinajstić information content (AvgIpc) is 2.57. The van der Waals surface area contributed by atoms with Crippen molar-refractivity contribution in [3.8, 4) is 6.07 Å². The van der Waals surface area contributed by atoms with Gasteiger partial charge in [-0.1, -0.05) is 99.0 Å². The van der Waals surface area contributed by atoms with Crippen LogP contribution in [0.5, 0.6) is 0 Å². The second-order valence-corrected chi connectivity index (χ2v) is 7.68. The lowest BCUT2D eigenvalue weighted by Gasteiger charge is -2.30. The molecule has 23 heavy (non-hydrogen) atoms. The summed E-state index contributed by atoms with van der Waals surface area (Å²) in [5.74, 6) is 0.202. The highest BCUT2D eigenvalue weighted by atomic mass is 35.5. The Morgan fingerprint density at radius 2 is 1.57 bits per heavy atom. The van der Waals surface area contributed by atoms with Crippen molar-refractivity contribution in [2.75, 3.05) is 0 Å². The number of halogens is 2. The highest BCUT2D eigenvalue weighted by Gasteiger charge is 2.35. The van der Waals surface area contributed by atoms with Gasteiger partial charge in [0, 0.05) is 6.42 Å². The van der Waals surface area contributed by atoms with Crippen LogP contribution < -0.4 is 0 Å². The number of unbranched alkanes of at least 4 members (excludes halogenated alkanes) is 6. The first-order chi connectivity index (χ1) is 11.1. The van der Waals surface area contributed by atoms with Gasteiger partial charge in [-0.25, -0.2) is 0 Å². The maximum atomic E-state index is 8.78. The molecule has 0 spiro atoms. The van der Waals surface area contributed by atoms with Crippen molar-refractivity contribution in [1.29, 1.82) is 5.26 Å². The molecule has 0 aliphatic rings. The SMILES string of the molecule is CCCCCCCCC(CCCC#N)C(Cl)(Cl)c1ccccc1. The van der Waals surface area contributed by atoms with Crippen molar-refractivity contribution in [1.82, 2.24) is 0 Å². The van der Waals surface area contributed by atoms with E-state index in [9.17, 15) is 0 Å². The number of hydrogen-bond acceptors (Lipinski definition) is 1. The maximum Gasteiger partial charge on any atom is 0.145 e. The van der Waals surface area contributed by atoms with Gasteiger partial charge in [0.1, 0.15) is 4.33 Å². The minimum absolute atomic E-state index is 0.202. The molecule has 1 aromatic carbocycles. The average molecular weight is 354 g/mol. The van der Waals surface area contributed by atoms with Crippen LogP contribution in [0.15, 0.2) is 30.3 Å². The lowest BCUT2D eigenvalue weighted by Crippen LogP contribution is -2.23. The molecule has 1 atom stereocenters. The molecule has 3 heteroatoms. The molecule has 0 aliphatic heterocycles. The first-order valence-electron chi connectivity index (χ1n) is 8.93. The molecule has 0 fully saturated rings. The molecule has 1 nitrogen and oxygen atoms in total. The van der Waals surface area contributed by atoms with Crippen LogP contribution in [0.1, 0.15) is 76.7 Å². The molecule has 0 aliphatic carbocycles. The summed E-state index contributed by atoms with van der Waals surface area (Å²) in [6.07, 6.45) is 11.0. The van der Waals surface area contributed by atoms with Gasteiger partial charge in [0.25, 0.3) is 0 Å². The molecule has 0 heterocycles. The van der Waals surface area contributed by atoms with E-state index in [1.807, 2.05) is 30.3 Å². The smallest absolute Gasteiger partial charge is 0.145 e. The van der Waals surface area contributed by atoms with E-state index in [0.29, 0.717) is 6.42 Å². The maximum absolute atomic E-state index is 8.78. The number of benzene rings is 1. The van der Waals surface area contributed by atoms with Crippen molar-refractivity contribution in [3.63, 3.8) is 0 Å². The summed E-state index contributed by atoms with van der Waals surface area (Å²) in [5.41, 5.74) is 0.969. The molecule has 1 unspecified atom stereocenters. The Kier molecular flexibility index (Phi) is 10.4. The summed E-state index contributed by atoms with van der Waals surface area (Å²) < 4.78 is -0.861. The lowest BCUT2D eigenvalue weighted by atomic mass is 9.88. The third kappa shape index (κ3) is 7.60. The van der Waals surface area contributed by atoms with Gasteiger partial charge in [-0.2, -0.15) is 5.26 Å². The first-order valence-corrected chi connectivity index (χ1v) is 9.68. The zero-order valence-electron chi connectivity index (χ0n) is 14.2. The van der Waals surface area contributed by atoms with Gasteiger partial charge >= 0.3 is 0 Å². The number of nitrogens with zero attached hydrogens (tertiary/aromatic N) is 1. The Balaban J connectivity index is 2.58. The van der Waals surface area contributed by atoms with E-state index < -0.39 is 4.33 Å². The highest BCUT2D eigenvalue weighted by molar-refractivity contribution is 6.48. The zero-order valence-corrected chi connectivity index (χ0v) is 15.8. The fraction of sp³-hybridized carbons (Fsp3) is 0.650. The van der Waals surface area contributed by atoms with Gasteiger partial charge < -0.3 is 0 Å². The summed E-state index contributed by atoms with van der Waals surface area (Å²) in [6.45, 7) is 2.24. The summed E-state index contributed by atoms with van der Waals surface area (Å²) in [7, 11) is 0. The van der Waals surface area contributed by atoms with E-state index in [4.69, 9.17) is 28.5 Å². The molecule has 0 saturated carbocycles. The highest BCUT2D eigenvalue weighted by Crippen LogP contribution is 2.45. The molecular formula is C20H29Cl2N. The van der Waals surface area contributed by atoms with Crippen LogP contribution >= 0.6 is 23.2 Å². The Hall–Kier alpha value is -0.710. The van der Waals surface area contributed by atoms with E-state index in [0.717, 1.165) is 31.2 Å². The summed E-state index contributed by atoms with van der Waals surface area (Å²) in [6, 6.07) is 12.1. The van der Waals surface area contributed by atoms with E-state index >= 15 is 0 Å². The van der Waals surface area contributed by atoms with Crippen molar-refractivity contribution >= 4 is 23.2 Å². The molecule has 128 valence electrons. The Morgan fingerprint density at radius 3 is 2.22 bits per heavy atom. The summed E-state index contributed by atoms with van der Waals surface area (Å²) in [4.78, 5) is 0. The quantitative estimate of drug-likeness (QED) is 0.284. The molecule has 1 rings (SSSR count). The van der Waals surface area contributed by atoms with Crippen LogP contribution in [-0.4, -0.2) is 0 Å². The van der Waals surface area contributed by atoms with Crippen LogP contribution in [0.3, 0.4) is 0 Å². The molecule has 0 aromatic heterocycles. The van der Waals surface area contributed by atoms with Crippen molar-refractivity contribution < 1.29 is 0 Å². The molecule has 0 saturated heterocycles. The van der Waals surface area contributed by atoms with Crippen LogP contribution in [0.2, 0.25) is 0 Å². The number of alkyl halides is 2. The van der Waals surface area contributed by atoms with Crippen molar-refractivity contribution in [3.05, 3.63) is 35.9 Å². The van der Waals surface area contributed by atoms with Gasteiger partial charge in [-0.15, -0.1) is 0 Å². The normalized spacial score (nSPS) is 12.8. The summed E-state index contributed by atoms with van der Waals surface area (Å²) in [5, 5.41) is 8.78. The third-order valence-corrected chi connectivity index (χ3v) is 5.47. The molecule has 0 radical (unpaired) electrons. The second-order valence-electron chi connectivity index (χ2n) is 6.29. The minimum Gasteiger partial charge on any atom is -0.198 e. The standard InChI is InChI=1S/C20H29Cl2N/c1-2-3-4-5-6-8-13-19(16-11-12-17-23)20(21,22)18-14-9-7-10-15-18/h7,9-10,14-15,19H,2-6,8,11-13,16H2,1H3. The predicted molar refractivity (Wildman–Crippen MR) is 101 cm³/mol. The monoisotopic (exact) mass is 353 g/mol. The largest absolute Gasteiger partial charge is 0.198 e. The van der Waals surface area contributed by atoms with E-state index in [2.05, 4.69) is 13.0 Å². The Bertz CT molecular complexity index is 450. The van der Waals surface area contributed by atoms with Gasteiger partial charge in [0.15, 0.2) is 0 Å². The zero-order chi connectivity index (χ0) is 17.0. The summed E-state index contributed by atoms with van der Waals surface area (Å²) >= 11 is 13.5. The number of nitriles is 1. The van der Waals surface area contributed by atoms with Crippen LogP contribution in [0, 0.1) is 17.2 Å². The van der Waals surface area contributed by atoms with E-state index in [-0.39, 0.29) is 5.92 Å². The Morgan fingerprint density at radius 1 is 0.957 bits per heavy atom. The van der Waals surface area contributed by atoms with Crippen LogP contribution in [0.4, 0.5) is 0 Å². The van der Waals surface area contributed by atoms with Gasteiger partial charge in [0.05, 0.1) is 6.07 Å². The van der Waals surface area contributed by atoms with Crippen LogP contribution in [-0.2, 0) is 4.33 Å². The molecule has 0 amide bonds. The molecule has 0 bridgehead atoms. The Labute approximate surface area is 152 Å². The van der Waals surface area contributed by atoms with E-state index in [1.165, 1.54) is 32.1 Å². The van der Waals surface area contributed by atoms with Gasteiger partial charge in [0.2, 0.25) is 0 Å². The topological polar surface area (TPSA) is 23.8 Å². The van der Waals surface area contributed by atoms with E-state index in [1.54, 1.807) is 0 Å². The number of rotatable bonds is 12. The van der Waals surface area contributed by atoms with Crippen LogP contribution in [0.25, 0.3) is 0 Å².